The van der Waals surface area contributed by atoms with Gasteiger partial charge in [0, 0.05) is 28.1 Å². The lowest BCUT2D eigenvalue weighted by atomic mass is 10.2. The number of rotatable bonds is 7. The van der Waals surface area contributed by atoms with E-state index < -0.39 is 4.92 Å². The average Bonchev–Trinajstić information content (AvgIpc) is 2.60. The lowest BCUT2D eigenvalue weighted by Crippen LogP contribution is -2.07. The largest absolute Gasteiger partial charge is 0.397 e. The van der Waals surface area contributed by atoms with Crippen LogP contribution in [-0.2, 0) is 0 Å². The predicted octanol–water partition coefficient (Wildman–Crippen LogP) is 3.20. The molecule has 0 radical (unpaired) electrons. The van der Waals surface area contributed by atoms with Crippen LogP contribution >= 0.6 is 31.9 Å². The molecule has 142 valence electrons. The minimum Gasteiger partial charge on any atom is -0.397 e. The molecule has 2 aromatic rings. The number of aliphatic hydroxyl groups is 2. The number of halogens is 2. The lowest BCUT2D eigenvalue weighted by Gasteiger charge is -2.09. The Bertz CT molecular complexity index is 711. The number of benzene rings is 2. The van der Waals surface area contributed by atoms with Gasteiger partial charge in [0.25, 0.3) is 5.69 Å². The monoisotopic (exact) mass is 490 g/mol. The molecule has 0 saturated heterocycles. The molecule has 6 N–H and O–H groups in total. The van der Waals surface area contributed by atoms with Gasteiger partial charge >= 0.3 is 0 Å². The summed E-state index contributed by atoms with van der Waals surface area (Å²) in [4.78, 5) is 10.2. The van der Waals surface area contributed by atoms with Gasteiger partial charge in [-0.15, -0.1) is 0 Å². The van der Waals surface area contributed by atoms with Crippen LogP contribution in [0, 0.1) is 10.1 Å². The van der Waals surface area contributed by atoms with Crippen LogP contribution in [0.15, 0.2) is 45.3 Å². The molecule has 0 bridgehead atoms. The quantitative estimate of drug-likeness (QED) is 0.228. The van der Waals surface area contributed by atoms with Crippen molar-refractivity contribution in [1.29, 1.82) is 0 Å². The molecule has 2 rings (SSSR count). The molecule has 2 aromatic carbocycles. The normalized spacial score (nSPS) is 9.85. The van der Waals surface area contributed by atoms with E-state index in [2.05, 4.69) is 42.5 Å². The summed E-state index contributed by atoms with van der Waals surface area (Å²) in [6, 6.07) is 10.3. The number of aliphatic hydroxyl groups excluding tert-OH is 2. The first-order chi connectivity index (χ1) is 12.4. The van der Waals surface area contributed by atoms with Crippen LogP contribution in [-0.4, -0.2) is 41.4 Å². The third-order valence-corrected chi connectivity index (χ3v) is 4.38. The van der Waals surface area contributed by atoms with Crippen LogP contribution in [0.3, 0.4) is 0 Å². The number of hydrogen-bond donors (Lipinski definition) is 5. The Balaban J connectivity index is 0.000000263. The first kappa shape index (κ1) is 22.2. The van der Waals surface area contributed by atoms with Gasteiger partial charge in [-0.25, -0.2) is 0 Å². The number of anilines is 3. The highest BCUT2D eigenvalue weighted by molar-refractivity contribution is 9.11. The molecule has 0 aliphatic carbocycles. The number of nitrogen functional groups attached to an aromatic ring is 1. The Morgan fingerprint density at radius 1 is 0.962 bits per heavy atom. The summed E-state index contributed by atoms with van der Waals surface area (Å²) in [5, 5.41) is 33.6. The number of nitrogens with zero attached hydrogens (tertiary/aromatic N) is 1. The highest BCUT2D eigenvalue weighted by atomic mass is 79.9. The minimum atomic E-state index is -0.468. The maximum Gasteiger partial charge on any atom is 0.293 e. The lowest BCUT2D eigenvalue weighted by molar-refractivity contribution is -0.384. The van der Waals surface area contributed by atoms with E-state index >= 15 is 0 Å². The molecule has 0 heterocycles. The fraction of sp³-hybridized carbons (Fsp3) is 0.250. The molecule has 0 aliphatic heterocycles. The summed E-state index contributed by atoms with van der Waals surface area (Å²) >= 11 is 6.55. The van der Waals surface area contributed by atoms with E-state index in [-0.39, 0.29) is 25.4 Å². The van der Waals surface area contributed by atoms with E-state index in [1.165, 1.54) is 6.07 Å². The molecule has 0 unspecified atom stereocenters. The molecule has 8 nitrogen and oxygen atoms in total. The van der Waals surface area contributed by atoms with Gasteiger partial charge in [-0.1, -0.05) is 12.1 Å². The van der Waals surface area contributed by atoms with Crippen molar-refractivity contribution >= 4 is 54.6 Å². The molecule has 0 aromatic heterocycles. The van der Waals surface area contributed by atoms with Crippen LogP contribution in [0.25, 0.3) is 0 Å². The van der Waals surface area contributed by atoms with Crippen molar-refractivity contribution < 1.29 is 15.1 Å². The van der Waals surface area contributed by atoms with Gasteiger partial charge in [-0.05, 0) is 50.1 Å². The molecule has 0 atom stereocenters. The molecule has 0 fully saturated rings. The molecular formula is C16H20Br2N4O4. The van der Waals surface area contributed by atoms with E-state index in [0.717, 1.165) is 10.2 Å². The zero-order chi connectivity index (χ0) is 19.5. The zero-order valence-corrected chi connectivity index (χ0v) is 17.0. The van der Waals surface area contributed by atoms with Crippen molar-refractivity contribution in [2.24, 2.45) is 0 Å². The minimum absolute atomic E-state index is 0.00664. The summed E-state index contributed by atoms with van der Waals surface area (Å²) in [7, 11) is 0. The van der Waals surface area contributed by atoms with Gasteiger partial charge in [-0.3, -0.25) is 10.1 Å². The summed E-state index contributed by atoms with van der Waals surface area (Å²) in [5.41, 5.74) is 7.59. The maximum absolute atomic E-state index is 10.6. The molecule has 10 heteroatoms. The third-order valence-electron chi connectivity index (χ3n) is 3.06. The standard InChI is InChI=1S/C8H9BrN2O3.C8H11BrN2O/c9-6-2-1-3-7(11(13)14)8(6)10-4-5-12;9-6-2-1-3-7(10)8(6)11-4-5-12/h1-3,10,12H,4-5H2;1-3,11-12H,4-5,10H2. The number of nitro groups is 1. The number of nitro benzene ring substituents is 1. The maximum atomic E-state index is 10.6. The predicted molar refractivity (Wildman–Crippen MR) is 111 cm³/mol. The topological polar surface area (TPSA) is 134 Å². The zero-order valence-electron chi connectivity index (χ0n) is 13.8. The first-order valence-corrected chi connectivity index (χ1v) is 9.17. The van der Waals surface area contributed by atoms with Crippen molar-refractivity contribution in [2.75, 3.05) is 42.7 Å². The summed E-state index contributed by atoms with van der Waals surface area (Å²) < 4.78 is 1.52. The van der Waals surface area contributed by atoms with Crippen molar-refractivity contribution in [1.82, 2.24) is 0 Å². The second kappa shape index (κ2) is 11.7. The van der Waals surface area contributed by atoms with E-state index in [1.807, 2.05) is 18.2 Å². The van der Waals surface area contributed by atoms with Crippen LogP contribution in [0.1, 0.15) is 0 Å². The molecule has 0 aliphatic rings. The van der Waals surface area contributed by atoms with Gasteiger partial charge in [0.2, 0.25) is 0 Å². The fourth-order valence-electron chi connectivity index (χ4n) is 1.93. The molecule has 0 saturated carbocycles. The van der Waals surface area contributed by atoms with E-state index in [9.17, 15) is 10.1 Å². The fourth-order valence-corrected chi connectivity index (χ4v) is 2.95. The molecule has 0 amide bonds. The van der Waals surface area contributed by atoms with Crippen LogP contribution in [0.5, 0.6) is 0 Å². The average molecular weight is 492 g/mol. The van der Waals surface area contributed by atoms with Crippen LogP contribution in [0.2, 0.25) is 0 Å². The van der Waals surface area contributed by atoms with Crippen LogP contribution in [0.4, 0.5) is 22.7 Å². The van der Waals surface area contributed by atoms with Gasteiger partial charge < -0.3 is 26.6 Å². The van der Waals surface area contributed by atoms with Crippen molar-refractivity contribution in [2.45, 2.75) is 0 Å². The van der Waals surface area contributed by atoms with Gasteiger partial charge in [0.15, 0.2) is 0 Å². The van der Waals surface area contributed by atoms with Crippen molar-refractivity contribution in [3.63, 3.8) is 0 Å². The summed E-state index contributed by atoms with van der Waals surface area (Å²) in [6.45, 7) is 0.815. The Labute approximate surface area is 167 Å². The van der Waals surface area contributed by atoms with E-state index in [1.54, 1.807) is 12.1 Å². The Morgan fingerprint density at radius 3 is 1.96 bits per heavy atom. The van der Waals surface area contributed by atoms with Crippen molar-refractivity contribution in [3.05, 3.63) is 55.5 Å². The van der Waals surface area contributed by atoms with Gasteiger partial charge in [-0.2, -0.15) is 0 Å². The molecule has 0 spiro atoms. The number of nitrogens with one attached hydrogen (secondary N) is 2. The second-order valence-corrected chi connectivity index (χ2v) is 6.60. The smallest absolute Gasteiger partial charge is 0.293 e. The molecular weight excluding hydrogens is 472 g/mol. The Morgan fingerprint density at radius 2 is 1.46 bits per heavy atom. The SMILES string of the molecule is Nc1cccc(Br)c1NCCO.O=[N+]([O-])c1cccc(Br)c1NCCO. The van der Waals surface area contributed by atoms with Crippen molar-refractivity contribution in [3.8, 4) is 0 Å². The van der Waals surface area contributed by atoms with Crippen LogP contribution < -0.4 is 16.4 Å². The highest BCUT2D eigenvalue weighted by Crippen LogP contribution is 2.31. The number of hydrogen-bond acceptors (Lipinski definition) is 7. The first-order valence-electron chi connectivity index (χ1n) is 7.58. The second-order valence-electron chi connectivity index (χ2n) is 4.90. The van der Waals surface area contributed by atoms with Gasteiger partial charge in [0.1, 0.15) is 5.69 Å². The third kappa shape index (κ3) is 6.79. The Kier molecular flexibility index (Phi) is 9.96. The Hall–Kier alpha value is -1.88. The highest BCUT2D eigenvalue weighted by Gasteiger charge is 2.15. The summed E-state index contributed by atoms with van der Waals surface area (Å²) in [5.74, 6) is 0. The van der Waals surface area contributed by atoms with Gasteiger partial charge in [0.05, 0.1) is 29.5 Å². The molecule has 26 heavy (non-hydrogen) atoms. The van der Waals surface area contributed by atoms with E-state index in [0.29, 0.717) is 22.4 Å². The van der Waals surface area contributed by atoms with E-state index in [4.69, 9.17) is 15.9 Å². The summed E-state index contributed by atoms with van der Waals surface area (Å²) in [6.07, 6.45) is 0. The number of para-hydroxylation sites is 2. The number of nitrogens with two attached hydrogens (primary N) is 1.